The fraction of sp³-hybridized carbons (Fsp3) is 0. The van der Waals surface area contributed by atoms with Crippen LogP contribution >= 0.6 is 0 Å². The molecule has 3 rings (SSSR count). The van der Waals surface area contributed by atoms with Crippen molar-refractivity contribution < 1.29 is 9.18 Å². The molecule has 6 nitrogen and oxygen atoms in total. The molecule has 0 bridgehead atoms. The van der Waals surface area contributed by atoms with E-state index in [1.807, 2.05) is 6.07 Å². The summed E-state index contributed by atoms with van der Waals surface area (Å²) in [5.74, 6) is -1.74. The Hall–Kier alpha value is -3.73. The van der Waals surface area contributed by atoms with Crippen LogP contribution in [0.25, 0.3) is 11.8 Å². The second-order valence-electron chi connectivity index (χ2n) is 5.28. The van der Waals surface area contributed by atoms with Gasteiger partial charge < -0.3 is 5.32 Å². The van der Waals surface area contributed by atoms with Crippen LogP contribution in [0.4, 0.5) is 10.1 Å². The first-order valence-electron chi connectivity index (χ1n) is 7.48. The summed E-state index contributed by atoms with van der Waals surface area (Å²) in [5.41, 5.74) is 1.49. The van der Waals surface area contributed by atoms with Crippen LogP contribution in [0.15, 0.2) is 49.0 Å². The van der Waals surface area contributed by atoms with Crippen molar-refractivity contribution in [3.8, 4) is 11.8 Å². The number of aromatic nitrogens is 3. The molecule has 0 unspecified atom stereocenters. The standard InChI is InChI=1S/C18H11BFN5O/c1-2-11-4-3-5-13(8-11)25-17(23-16(10-21)24-25)18(26)22-15-7-6-12(19)9-14(15)20/h2-9H,1H2,(H,22,26). The summed E-state index contributed by atoms with van der Waals surface area (Å²) in [5, 5.41) is 15.5. The molecular weight excluding hydrogens is 332 g/mol. The van der Waals surface area contributed by atoms with Gasteiger partial charge in [0.2, 0.25) is 5.82 Å². The monoisotopic (exact) mass is 343 g/mol. The number of nitrogens with one attached hydrogen (secondary N) is 1. The molecule has 3 aromatic rings. The molecule has 124 valence electrons. The molecule has 0 saturated carbocycles. The highest BCUT2D eigenvalue weighted by Gasteiger charge is 2.20. The maximum atomic E-state index is 13.9. The zero-order chi connectivity index (χ0) is 18.7. The van der Waals surface area contributed by atoms with Crippen molar-refractivity contribution in [1.29, 1.82) is 5.26 Å². The SMILES string of the molecule is [B]c1ccc(NC(=O)c2nc(C#N)nn2-c2cccc(C=C)c2)c(F)c1. The minimum absolute atomic E-state index is 0.0582. The van der Waals surface area contributed by atoms with Crippen molar-refractivity contribution >= 4 is 31.0 Å². The Morgan fingerprint density at radius 1 is 1.35 bits per heavy atom. The van der Waals surface area contributed by atoms with Gasteiger partial charge in [0, 0.05) is 0 Å². The molecule has 0 fully saturated rings. The van der Waals surface area contributed by atoms with E-state index in [0.717, 1.165) is 11.6 Å². The normalized spacial score (nSPS) is 10.2. The molecule has 0 aliphatic rings. The summed E-state index contributed by atoms with van der Waals surface area (Å²) < 4.78 is 15.1. The van der Waals surface area contributed by atoms with Crippen LogP contribution in [0.3, 0.4) is 0 Å². The number of carbonyl (C=O) groups excluding carboxylic acids is 1. The van der Waals surface area contributed by atoms with Crippen molar-refractivity contribution in [2.24, 2.45) is 0 Å². The lowest BCUT2D eigenvalue weighted by Crippen LogP contribution is -2.19. The van der Waals surface area contributed by atoms with Gasteiger partial charge in [0.25, 0.3) is 11.7 Å². The highest BCUT2D eigenvalue weighted by Crippen LogP contribution is 2.16. The summed E-state index contributed by atoms with van der Waals surface area (Å²) in [4.78, 5) is 16.5. The summed E-state index contributed by atoms with van der Waals surface area (Å²) in [6, 6.07) is 12.7. The van der Waals surface area contributed by atoms with E-state index in [2.05, 4.69) is 22.0 Å². The van der Waals surface area contributed by atoms with Gasteiger partial charge in [-0.3, -0.25) is 4.79 Å². The number of carbonyl (C=O) groups is 1. The molecule has 8 heteroatoms. The van der Waals surface area contributed by atoms with Gasteiger partial charge >= 0.3 is 0 Å². The number of amides is 1. The third kappa shape index (κ3) is 3.37. The minimum atomic E-state index is -0.716. The summed E-state index contributed by atoms with van der Waals surface area (Å²) in [6.07, 6.45) is 1.63. The third-order valence-electron chi connectivity index (χ3n) is 3.50. The average molecular weight is 343 g/mol. The summed E-state index contributed by atoms with van der Waals surface area (Å²) in [7, 11) is 5.49. The molecule has 2 radical (unpaired) electrons. The van der Waals surface area contributed by atoms with Crippen molar-refractivity contribution in [1.82, 2.24) is 14.8 Å². The molecule has 26 heavy (non-hydrogen) atoms. The Kier molecular flexibility index (Phi) is 4.63. The number of hydrogen-bond acceptors (Lipinski definition) is 4. The van der Waals surface area contributed by atoms with E-state index >= 15 is 0 Å². The molecule has 1 amide bonds. The molecule has 1 heterocycles. The van der Waals surface area contributed by atoms with Gasteiger partial charge in [0.1, 0.15) is 19.7 Å². The maximum Gasteiger partial charge on any atom is 0.293 e. The first-order valence-corrected chi connectivity index (χ1v) is 7.48. The van der Waals surface area contributed by atoms with Crippen LogP contribution in [0.2, 0.25) is 0 Å². The van der Waals surface area contributed by atoms with Crippen LogP contribution < -0.4 is 10.8 Å². The number of nitrogens with zero attached hydrogens (tertiary/aromatic N) is 4. The Balaban J connectivity index is 2.01. The van der Waals surface area contributed by atoms with Gasteiger partial charge in [-0.1, -0.05) is 36.3 Å². The summed E-state index contributed by atoms with van der Waals surface area (Å²) >= 11 is 0. The van der Waals surface area contributed by atoms with E-state index < -0.39 is 11.7 Å². The van der Waals surface area contributed by atoms with E-state index in [1.165, 1.54) is 16.8 Å². The van der Waals surface area contributed by atoms with Gasteiger partial charge in [0.05, 0.1) is 11.4 Å². The summed E-state index contributed by atoms with van der Waals surface area (Å²) in [6.45, 7) is 3.69. The number of benzene rings is 2. The quantitative estimate of drug-likeness (QED) is 0.734. The van der Waals surface area contributed by atoms with Crippen LogP contribution in [-0.4, -0.2) is 28.5 Å². The number of rotatable bonds is 4. The number of halogens is 1. The van der Waals surface area contributed by atoms with Crippen LogP contribution in [-0.2, 0) is 0 Å². The molecule has 0 atom stereocenters. The van der Waals surface area contributed by atoms with Gasteiger partial charge in [-0.25, -0.2) is 9.07 Å². The van der Waals surface area contributed by atoms with Crippen LogP contribution in [0, 0.1) is 17.1 Å². The zero-order valence-electron chi connectivity index (χ0n) is 13.5. The van der Waals surface area contributed by atoms with Crippen molar-refractivity contribution in [3.05, 3.63) is 72.1 Å². The third-order valence-corrected chi connectivity index (χ3v) is 3.50. The topological polar surface area (TPSA) is 83.6 Å². The fourth-order valence-corrected chi connectivity index (χ4v) is 2.28. The lowest BCUT2D eigenvalue weighted by Gasteiger charge is -2.09. The molecule has 0 aliphatic heterocycles. The van der Waals surface area contributed by atoms with E-state index in [-0.39, 0.29) is 22.8 Å². The Bertz CT molecular complexity index is 1050. The van der Waals surface area contributed by atoms with E-state index in [9.17, 15) is 9.18 Å². The zero-order valence-corrected chi connectivity index (χ0v) is 13.5. The molecule has 1 aromatic heterocycles. The predicted molar refractivity (Wildman–Crippen MR) is 95.9 cm³/mol. The molecular formula is C18H11BFN5O. The number of anilines is 1. The molecule has 0 aliphatic carbocycles. The van der Waals surface area contributed by atoms with Gasteiger partial charge in [-0.15, -0.1) is 5.10 Å². The van der Waals surface area contributed by atoms with Crippen LogP contribution in [0.1, 0.15) is 22.0 Å². The van der Waals surface area contributed by atoms with Crippen molar-refractivity contribution in [2.45, 2.75) is 0 Å². The Labute approximate surface area is 150 Å². The van der Waals surface area contributed by atoms with Crippen molar-refractivity contribution in [3.63, 3.8) is 0 Å². The largest absolute Gasteiger partial charge is 0.317 e. The second kappa shape index (κ2) is 7.03. The van der Waals surface area contributed by atoms with Gasteiger partial charge in [0.15, 0.2) is 0 Å². The van der Waals surface area contributed by atoms with Gasteiger partial charge in [-0.05, 0) is 29.8 Å². The molecule has 0 spiro atoms. The highest BCUT2D eigenvalue weighted by atomic mass is 19.1. The lowest BCUT2D eigenvalue weighted by atomic mass is 9.96. The average Bonchev–Trinajstić information content (AvgIpc) is 3.09. The Morgan fingerprint density at radius 2 is 2.15 bits per heavy atom. The predicted octanol–water partition coefficient (Wildman–Crippen LogP) is 1.97. The Morgan fingerprint density at radius 3 is 2.85 bits per heavy atom. The van der Waals surface area contributed by atoms with E-state index in [4.69, 9.17) is 13.1 Å². The lowest BCUT2D eigenvalue weighted by molar-refractivity contribution is 0.101. The first-order chi connectivity index (χ1) is 12.5. The number of hydrogen-bond donors (Lipinski definition) is 1. The van der Waals surface area contributed by atoms with Crippen LogP contribution in [0.5, 0.6) is 0 Å². The highest BCUT2D eigenvalue weighted by molar-refractivity contribution is 6.32. The van der Waals surface area contributed by atoms with E-state index in [1.54, 1.807) is 30.3 Å². The molecule has 2 aromatic carbocycles. The fourth-order valence-electron chi connectivity index (χ4n) is 2.28. The molecule has 0 saturated heterocycles. The number of nitriles is 1. The smallest absolute Gasteiger partial charge is 0.293 e. The van der Waals surface area contributed by atoms with E-state index in [0.29, 0.717) is 5.69 Å². The van der Waals surface area contributed by atoms with Crippen molar-refractivity contribution in [2.75, 3.05) is 5.32 Å². The first kappa shape index (κ1) is 17.1. The molecule has 1 N–H and O–H groups in total. The maximum absolute atomic E-state index is 13.9. The van der Waals surface area contributed by atoms with Gasteiger partial charge in [-0.2, -0.15) is 10.2 Å². The second-order valence-corrected chi connectivity index (χ2v) is 5.28. The minimum Gasteiger partial charge on any atom is -0.317 e.